The van der Waals surface area contributed by atoms with Crippen LogP contribution in [-0.4, -0.2) is 69.0 Å². The third-order valence-corrected chi connectivity index (χ3v) is 6.35. The van der Waals surface area contributed by atoms with Crippen molar-refractivity contribution < 1.29 is 14.3 Å². The highest BCUT2D eigenvalue weighted by Crippen LogP contribution is 2.32. The fourth-order valence-corrected chi connectivity index (χ4v) is 4.44. The van der Waals surface area contributed by atoms with E-state index in [0.717, 1.165) is 58.5 Å². The first-order chi connectivity index (χ1) is 11.7. The molecule has 0 spiro atoms. The maximum Gasteiger partial charge on any atom is 0.227 e. The average molecular weight is 412 g/mol. The zero-order valence-corrected chi connectivity index (χ0v) is 17.3. The number of halogens is 2. The summed E-state index contributed by atoms with van der Waals surface area (Å²) in [5.74, 6) is 0.121. The molecule has 0 aromatic carbocycles. The predicted octanol–water partition coefficient (Wildman–Crippen LogP) is 1.74. The SMILES string of the molecule is Cl.Cl.NCC1(C(=O)NCC2(N3CCCCC3)CCOCC2)CCOCC1. The van der Waals surface area contributed by atoms with Gasteiger partial charge in [-0.05, 0) is 51.6 Å². The quantitative estimate of drug-likeness (QED) is 0.720. The van der Waals surface area contributed by atoms with E-state index in [2.05, 4.69) is 10.2 Å². The van der Waals surface area contributed by atoms with Crippen molar-refractivity contribution in [3.63, 3.8) is 0 Å². The van der Waals surface area contributed by atoms with Gasteiger partial charge in [0.2, 0.25) is 5.91 Å². The summed E-state index contributed by atoms with van der Waals surface area (Å²) in [6.07, 6.45) is 7.33. The minimum atomic E-state index is -0.438. The van der Waals surface area contributed by atoms with Gasteiger partial charge in [-0.25, -0.2) is 0 Å². The molecule has 26 heavy (non-hydrogen) atoms. The van der Waals surface area contributed by atoms with Crippen LogP contribution in [0.1, 0.15) is 44.9 Å². The van der Waals surface area contributed by atoms with Crippen LogP contribution in [0.15, 0.2) is 0 Å². The molecule has 3 aliphatic heterocycles. The van der Waals surface area contributed by atoms with E-state index in [1.54, 1.807) is 0 Å². The van der Waals surface area contributed by atoms with Gasteiger partial charge >= 0.3 is 0 Å². The zero-order chi connectivity index (χ0) is 16.9. The Kier molecular flexibility index (Phi) is 10.1. The topological polar surface area (TPSA) is 76.8 Å². The number of ether oxygens (including phenoxy) is 2. The Bertz CT molecular complexity index is 422. The molecule has 3 aliphatic rings. The summed E-state index contributed by atoms with van der Waals surface area (Å²) < 4.78 is 11.0. The lowest BCUT2D eigenvalue weighted by atomic mass is 9.78. The summed E-state index contributed by atoms with van der Waals surface area (Å²) in [6.45, 7) is 6.27. The van der Waals surface area contributed by atoms with E-state index in [1.165, 1.54) is 19.3 Å². The van der Waals surface area contributed by atoms with E-state index in [4.69, 9.17) is 15.2 Å². The van der Waals surface area contributed by atoms with E-state index in [1.807, 2.05) is 0 Å². The fraction of sp³-hybridized carbons (Fsp3) is 0.944. The lowest BCUT2D eigenvalue weighted by molar-refractivity contribution is -0.137. The highest BCUT2D eigenvalue weighted by molar-refractivity contribution is 5.85. The molecule has 3 heterocycles. The Hall–Kier alpha value is -0.110. The van der Waals surface area contributed by atoms with Gasteiger partial charge in [-0.2, -0.15) is 0 Å². The van der Waals surface area contributed by atoms with Crippen LogP contribution in [0.5, 0.6) is 0 Å². The first kappa shape index (κ1) is 23.9. The Morgan fingerprint density at radius 1 is 0.923 bits per heavy atom. The minimum absolute atomic E-state index is 0. The average Bonchev–Trinajstić information content (AvgIpc) is 2.68. The molecule has 3 saturated heterocycles. The van der Waals surface area contributed by atoms with Gasteiger partial charge in [-0.15, -0.1) is 24.8 Å². The number of amides is 1. The number of nitrogens with zero attached hydrogens (tertiary/aromatic N) is 1. The molecule has 154 valence electrons. The number of nitrogens with one attached hydrogen (secondary N) is 1. The standard InChI is InChI=1S/C18H33N3O3.2ClH/c19-14-17(4-10-23-11-5-17)16(22)20-15-18(6-12-24-13-7-18)21-8-2-1-3-9-21;;/h1-15,19H2,(H,20,22);2*1H. The maximum atomic E-state index is 12.9. The Morgan fingerprint density at radius 2 is 1.46 bits per heavy atom. The molecule has 0 saturated carbocycles. The van der Waals surface area contributed by atoms with Crippen molar-refractivity contribution in [3.05, 3.63) is 0 Å². The molecule has 0 radical (unpaired) electrons. The fourth-order valence-electron chi connectivity index (χ4n) is 4.44. The maximum absolute atomic E-state index is 12.9. The van der Waals surface area contributed by atoms with Gasteiger partial charge in [0.05, 0.1) is 5.41 Å². The highest BCUT2D eigenvalue weighted by atomic mass is 35.5. The molecule has 0 unspecified atom stereocenters. The molecule has 8 heteroatoms. The second-order valence-corrected chi connectivity index (χ2v) is 7.66. The van der Waals surface area contributed by atoms with Crippen LogP contribution in [0.4, 0.5) is 0 Å². The summed E-state index contributed by atoms with van der Waals surface area (Å²) >= 11 is 0. The van der Waals surface area contributed by atoms with Crippen molar-refractivity contribution in [2.24, 2.45) is 11.1 Å². The second kappa shape index (κ2) is 11.0. The van der Waals surface area contributed by atoms with Crippen LogP contribution in [0.3, 0.4) is 0 Å². The number of carbonyl (C=O) groups excluding carboxylic acids is 1. The van der Waals surface area contributed by atoms with E-state index in [9.17, 15) is 4.79 Å². The molecule has 1 amide bonds. The van der Waals surface area contributed by atoms with Crippen LogP contribution in [0.2, 0.25) is 0 Å². The Labute approximate surface area is 169 Å². The van der Waals surface area contributed by atoms with Gasteiger partial charge in [-0.1, -0.05) is 6.42 Å². The zero-order valence-electron chi connectivity index (χ0n) is 15.7. The number of hydrogen-bond acceptors (Lipinski definition) is 5. The molecular weight excluding hydrogens is 377 g/mol. The Balaban J connectivity index is 0.00000169. The molecule has 0 aromatic rings. The number of rotatable bonds is 5. The summed E-state index contributed by atoms with van der Waals surface area (Å²) in [5, 5.41) is 3.28. The summed E-state index contributed by atoms with van der Waals surface area (Å²) in [6, 6.07) is 0. The van der Waals surface area contributed by atoms with Gasteiger partial charge in [0.25, 0.3) is 0 Å². The summed E-state index contributed by atoms with van der Waals surface area (Å²) in [4.78, 5) is 15.5. The number of piperidine rings is 1. The number of nitrogens with two attached hydrogens (primary N) is 1. The van der Waals surface area contributed by atoms with Gasteiger partial charge in [0.15, 0.2) is 0 Å². The molecule has 3 fully saturated rings. The van der Waals surface area contributed by atoms with Crippen molar-refractivity contribution in [2.75, 3.05) is 52.6 Å². The van der Waals surface area contributed by atoms with Crippen LogP contribution in [0.25, 0.3) is 0 Å². The largest absolute Gasteiger partial charge is 0.381 e. The van der Waals surface area contributed by atoms with Crippen LogP contribution >= 0.6 is 24.8 Å². The molecule has 0 atom stereocenters. The van der Waals surface area contributed by atoms with Gasteiger partial charge < -0.3 is 20.5 Å². The summed E-state index contributed by atoms with van der Waals surface area (Å²) in [5.41, 5.74) is 5.60. The van der Waals surface area contributed by atoms with Crippen LogP contribution in [0, 0.1) is 5.41 Å². The summed E-state index contributed by atoms with van der Waals surface area (Å²) in [7, 11) is 0. The van der Waals surface area contributed by atoms with E-state index in [0.29, 0.717) is 19.8 Å². The second-order valence-electron chi connectivity index (χ2n) is 7.66. The smallest absolute Gasteiger partial charge is 0.227 e. The van der Waals surface area contributed by atoms with Crippen molar-refractivity contribution >= 4 is 30.7 Å². The van der Waals surface area contributed by atoms with Crippen molar-refractivity contribution in [1.82, 2.24) is 10.2 Å². The van der Waals surface area contributed by atoms with Gasteiger partial charge in [0, 0.05) is 45.1 Å². The lowest BCUT2D eigenvalue weighted by Crippen LogP contribution is -2.61. The van der Waals surface area contributed by atoms with E-state index >= 15 is 0 Å². The van der Waals surface area contributed by atoms with E-state index in [-0.39, 0.29) is 36.3 Å². The van der Waals surface area contributed by atoms with Gasteiger partial charge in [0.1, 0.15) is 0 Å². The van der Waals surface area contributed by atoms with Crippen molar-refractivity contribution in [3.8, 4) is 0 Å². The monoisotopic (exact) mass is 411 g/mol. The Morgan fingerprint density at radius 3 is 2.00 bits per heavy atom. The van der Waals surface area contributed by atoms with Crippen LogP contribution in [-0.2, 0) is 14.3 Å². The third-order valence-electron chi connectivity index (χ3n) is 6.35. The van der Waals surface area contributed by atoms with Crippen molar-refractivity contribution in [1.29, 1.82) is 0 Å². The molecule has 0 aromatic heterocycles. The normalized spacial score (nSPS) is 25.4. The van der Waals surface area contributed by atoms with Crippen LogP contribution < -0.4 is 11.1 Å². The highest BCUT2D eigenvalue weighted by Gasteiger charge is 2.42. The molecule has 3 rings (SSSR count). The third kappa shape index (κ3) is 5.24. The molecule has 0 bridgehead atoms. The number of carbonyl (C=O) groups is 1. The first-order valence-corrected chi connectivity index (χ1v) is 9.60. The molecule has 3 N–H and O–H groups in total. The predicted molar refractivity (Wildman–Crippen MR) is 107 cm³/mol. The molecule has 0 aliphatic carbocycles. The van der Waals surface area contributed by atoms with Crippen molar-refractivity contribution in [2.45, 2.75) is 50.5 Å². The molecule has 6 nitrogen and oxygen atoms in total. The number of likely N-dealkylation sites (tertiary alicyclic amines) is 1. The molecular formula is C18H35Cl2N3O3. The van der Waals surface area contributed by atoms with Gasteiger partial charge in [-0.3, -0.25) is 9.69 Å². The minimum Gasteiger partial charge on any atom is -0.381 e. The lowest BCUT2D eigenvalue weighted by Gasteiger charge is -2.48. The number of hydrogen-bond donors (Lipinski definition) is 2. The first-order valence-electron chi connectivity index (χ1n) is 9.60. The van der Waals surface area contributed by atoms with E-state index < -0.39 is 5.41 Å².